The molecule has 5 rings (SSSR count). The number of amides is 1. The molecule has 0 radical (unpaired) electrons. The fourth-order valence-corrected chi connectivity index (χ4v) is 4.23. The first-order chi connectivity index (χ1) is 15.4. The van der Waals surface area contributed by atoms with Crippen molar-refractivity contribution >= 4 is 40.0 Å². The zero-order valence-electron chi connectivity index (χ0n) is 17.7. The molecule has 0 saturated heterocycles. The molecular weight excluding hydrogens is 445 g/mol. The zero-order chi connectivity index (χ0) is 22.4. The van der Waals surface area contributed by atoms with Crippen molar-refractivity contribution in [3.8, 4) is 11.4 Å². The van der Waals surface area contributed by atoms with Crippen LogP contribution in [0.1, 0.15) is 40.6 Å². The van der Waals surface area contributed by atoms with Crippen LogP contribution in [0.25, 0.3) is 22.3 Å². The first-order valence-corrected chi connectivity index (χ1v) is 11.2. The van der Waals surface area contributed by atoms with Crippen LogP contribution in [0.5, 0.6) is 0 Å². The smallest absolute Gasteiger partial charge is 0.273 e. The van der Waals surface area contributed by atoms with E-state index in [4.69, 9.17) is 23.2 Å². The van der Waals surface area contributed by atoms with Crippen LogP contribution in [-0.2, 0) is 6.54 Å². The summed E-state index contributed by atoms with van der Waals surface area (Å²) in [6, 6.07) is 13.1. The number of hydrogen-bond donors (Lipinski definition) is 0. The first-order valence-electron chi connectivity index (χ1n) is 10.4. The molecule has 1 saturated carbocycles. The van der Waals surface area contributed by atoms with Gasteiger partial charge >= 0.3 is 0 Å². The van der Waals surface area contributed by atoms with Gasteiger partial charge < -0.3 is 4.90 Å². The van der Waals surface area contributed by atoms with Gasteiger partial charge in [-0.25, -0.2) is 9.97 Å². The third-order valence-electron chi connectivity index (χ3n) is 5.77. The molecule has 6 nitrogen and oxygen atoms in total. The van der Waals surface area contributed by atoms with Crippen LogP contribution in [0.15, 0.2) is 48.7 Å². The van der Waals surface area contributed by atoms with E-state index in [1.807, 2.05) is 31.3 Å². The number of carbonyl (C=O) groups is 1. The molecule has 2 heterocycles. The largest absolute Gasteiger partial charge is 0.336 e. The minimum atomic E-state index is -0.216. The number of rotatable bonds is 5. The molecule has 2 aromatic heterocycles. The van der Waals surface area contributed by atoms with Gasteiger partial charge in [0.1, 0.15) is 5.69 Å². The molecule has 0 aliphatic heterocycles. The van der Waals surface area contributed by atoms with Crippen molar-refractivity contribution in [1.82, 2.24) is 24.6 Å². The lowest BCUT2D eigenvalue weighted by Gasteiger charge is -2.18. The normalized spacial score (nSPS) is 13.5. The van der Waals surface area contributed by atoms with Gasteiger partial charge in [-0.3, -0.25) is 9.48 Å². The Morgan fingerprint density at radius 2 is 1.94 bits per heavy atom. The molecule has 8 heteroatoms. The SMILES string of the molecule is Cc1c(CN(C)C(=O)c2nc(-c3ccccc3Cl)nc3ccc(Cl)cc23)cnn1C1CC1. The summed E-state index contributed by atoms with van der Waals surface area (Å²) in [6.07, 6.45) is 4.17. The summed E-state index contributed by atoms with van der Waals surface area (Å²) >= 11 is 12.6. The van der Waals surface area contributed by atoms with E-state index in [0.29, 0.717) is 50.6 Å². The number of benzene rings is 2. The summed E-state index contributed by atoms with van der Waals surface area (Å²) in [6.45, 7) is 2.49. The van der Waals surface area contributed by atoms with Crippen LogP contribution in [0.4, 0.5) is 0 Å². The van der Waals surface area contributed by atoms with Gasteiger partial charge in [0.05, 0.1) is 22.8 Å². The van der Waals surface area contributed by atoms with Gasteiger partial charge in [-0.1, -0.05) is 35.3 Å². The van der Waals surface area contributed by atoms with E-state index in [-0.39, 0.29) is 5.91 Å². The second-order valence-electron chi connectivity index (χ2n) is 8.13. The number of nitrogens with zero attached hydrogens (tertiary/aromatic N) is 5. The quantitative estimate of drug-likeness (QED) is 0.378. The maximum absolute atomic E-state index is 13.5. The molecule has 0 bridgehead atoms. The Hall–Kier alpha value is -2.96. The molecule has 0 spiro atoms. The van der Waals surface area contributed by atoms with Gasteiger partial charge in [0.15, 0.2) is 5.82 Å². The Morgan fingerprint density at radius 1 is 1.16 bits per heavy atom. The molecule has 1 aliphatic rings. The minimum Gasteiger partial charge on any atom is -0.336 e. The fraction of sp³-hybridized carbons (Fsp3) is 0.250. The third kappa shape index (κ3) is 3.85. The second kappa shape index (κ2) is 8.19. The molecule has 1 aliphatic carbocycles. The predicted octanol–water partition coefficient (Wildman–Crippen LogP) is 5.72. The second-order valence-corrected chi connectivity index (χ2v) is 8.97. The molecular formula is C24H21Cl2N5O. The first kappa shape index (κ1) is 20.9. The number of aromatic nitrogens is 4. The molecule has 4 aromatic rings. The Labute approximate surface area is 195 Å². The number of halogens is 2. The van der Waals surface area contributed by atoms with E-state index >= 15 is 0 Å². The Bertz CT molecular complexity index is 1350. The maximum Gasteiger partial charge on any atom is 0.273 e. The molecule has 0 N–H and O–H groups in total. The van der Waals surface area contributed by atoms with Gasteiger partial charge in [0.2, 0.25) is 0 Å². The van der Waals surface area contributed by atoms with Crippen molar-refractivity contribution in [2.45, 2.75) is 32.4 Å². The molecule has 0 unspecified atom stereocenters. The third-order valence-corrected chi connectivity index (χ3v) is 6.33. The van der Waals surface area contributed by atoms with Crippen LogP contribution < -0.4 is 0 Å². The lowest BCUT2D eigenvalue weighted by atomic mass is 10.1. The van der Waals surface area contributed by atoms with Gasteiger partial charge in [-0.05, 0) is 50.1 Å². The van der Waals surface area contributed by atoms with Crippen molar-refractivity contribution in [3.05, 3.63) is 75.7 Å². The summed E-state index contributed by atoms with van der Waals surface area (Å²) in [4.78, 5) is 24.5. The summed E-state index contributed by atoms with van der Waals surface area (Å²) in [7, 11) is 1.77. The summed E-state index contributed by atoms with van der Waals surface area (Å²) in [5.74, 6) is 0.187. The van der Waals surface area contributed by atoms with Crippen molar-refractivity contribution in [2.75, 3.05) is 7.05 Å². The van der Waals surface area contributed by atoms with E-state index in [9.17, 15) is 4.79 Å². The zero-order valence-corrected chi connectivity index (χ0v) is 19.2. The van der Waals surface area contributed by atoms with Crippen LogP contribution in [0.2, 0.25) is 10.0 Å². The van der Waals surface area contributed by atoms with E-state index in [2.05, 4.69) is 19.7 Å². The molecule has 2 aromatic carbocycles. The highest BCUT2D eigenvalue weighted by molar-refractivity contribution is 6.33. The highest BCUT2D eigenvalue weighted by Gasteiger charge is 2.27. The number of hydrogen-bond acceptors (Lipinski definition) is 4. The average Bonchev–Trinajstić information content (AvgIpc) is 3.56. The Kier molecular flexibility index (Phi) is 5.35. The summed E-state index contributed by atoms with van der Waals surface area (Å²) < 4.78 is 2.06. The summed E-state index contributed by atoms with van der Waals surface area (Å²) in [5, 5.41) is 6.16. The number of carbonyl (C=O) groups excluding carboxylic acids is 1. The standard InChI is InChI=1S/C24H21Cl2N5O/c1-14-15(12-27-31(14)17-8-9-17)13-30(2)24(32)22-19-11-16(25)7-10-21(19)28-23(29-22)18-5-3-4-6-20(18)26/h3-7,10-12,17H,8-9,13H2,1-2H3. The highest BCUT2D eigenvalue weighted by Crippen LogP contribution is 2.36. The topological polar surface area (TPSA) is 63.9 Å². The highest BCUT2D eigenvalue weighted by atomic mass is 35.5. The maximum atomic E-state index is 13.5. The van der Waals surface area contributed by atoms with Gasteiger partial charge in [-0.2, -0.15) is 5.10 Å². The van der Waals surface area contributed by atoms with E-state index in [1.165, 1.54) is 0 Å². The van der Waals surface area contributed by atoms with E-state index < -0.39 is 0 Å². The fourth-order valence-electron chi connectivity index (χ4n) is 3.84. The lowest BCUT2D eigenvalue weighted by Crippen LogP contribution is -2.27. The van der Waals surface area contributed by atoms with Gasteiger partial charge in [0.25, 0.3) is 5.91 Å². The predicted molar refractivity (Wildman–Crippen MR) is 126 cm³/mol. The van der Waals surface area contributed by atoms with Gasteiger partial charge in [-0.15, -0.1) is 0 Å². The van der Waals surface area contributed by atoms with Crippen molar-refractivity contribution < 1.29 is 4.79 Å². The molecule has 1 fully saturated rings. The minimum absolute atomic E-state index is 0.216. The van der Waals surface area contributed by atoms with E-state index in [0.717, 1.165) is 24.1 Å². The lowest BCUT2D eigenvalue weighted by molar-refractivity contribution is 0.0781. The van der Waals surface area contributed by atoms with Crippen LogP contribution in [0, 0.1) is 6.92 Å². The van der Waals surface area contributed by atoms with Crippen LogP contribution in [0.3, 0.4) is 0 Å². The number of fused-ring (bicyclic) bond motifs is 1. The average molecular weight is 466 g/mol. The van der Waals surface area contributed by atoms with Crippen LogP contribution >= 0.6 is 23.2 Å². The summed E-state index contributed by atoms with van der Waals surface area (Å²) in [5.41, 5.74) is 3.72. The molecule has 0 atom stereocenters. The molecule has 1 amide bonds. The monoisotopic (exact) mass is 465 g/mol. The van der Waals surface area contributed by atoms with Gasteiger partial charge in [0, 0.05) is 40.8 Å². The van der Waals surface area contributed by atoms with Crippen molar-refractivity contribution in [3.63, 3.8) is 0 Å². The van der Waals surface area contributed by atoms with E-state index in [1.54, 1.807) is 36.2 Å². The molecule has 32 heavy (non-hydrogen) atoms. The Morgan fingerprint density at radius 3 is 2.69 bits per heavy atom. The Balaban J connectivity index is 1.55. The van der Waals surface area contributed by atoms with Crippen LogP contribution in [-0.4, -0.2) is 37.6 Å². The molecule has 162 valence electrons. The van der Waals surface area contributed by atoms with Crippen molar-refractivity contribution in [1.29, 1.82) is 0 Å². The van der Waals surface area contributed by atoms with Crippen molar-refractivity contribution in [2.24, 2.45) is 0 Å².